The van der Waals surface area contributed by atoms with Crippen molar-refractivity contribution in [2.75, 3.05) is 18.5 Å². The van der Waals surface area contributed by atoms with Crippen molar-refractivity contribution in [2.24, 2.45) is 0 Å². The molecule has 0 amide bonds. The average molecular weight is 280 g/mol. The molecule has 110 valence electrons. The topological polar surface area (TPSA) is 54.2 Å². The van der Waals surface area contributed by atoms with Crippen LogP contribution in [0.3, 0.4) is 0 Å². The van der Waals surface area contributed by atoms with Gasteiger partial charge in [-0.2, -0.15) is 13.2 Å². The molecule has 0 aliphatic carbocycles. The van der Waals surface area contributed by atoms with Gasteiger partial charge in [0, 0.05) is 19.1 Å². The SMILES string of the molecule is CN(CCC(F)(F)F)c1nnc(CNC(C)(C)C)o1. The van der Waals surface area contributed by atoms with Gasteiger partial charge in [0.2, 0.25) is 5.89 Å². The van der Waals surface area contributed by atoms with Gasteiger partial charge in [-0.25, -0.2) is 0 Å². The Morgan fingerprint density at radius 2 is 1.84 bits per heavy atom. The molecule has 5 nitrogen and oxygen atoms in total. The Morgan fingerprint density at radius 3 is 2.37 bits per heavy atom. The maximum atomic E-state index is 12.1. The number of nitrogens with one attached hydrogen (secondary N) is 1. The summed E-state index contributed by atoms with van der Waals surface area (Å²) in [7, 11) is 1.49. The zero-order valence-corrected chi connectivity index (χ0v) is 11.5. The van der Waals surface area contributed by atoms with Crippen LogP contribution in [0.1, 0.15) is 33.1 Å². The van der Waals surface area contributed by atoms with Crippen LogP contribution in [0.15, 0.2) is 4.42 Å². The Kier molecular flexibility index (Phi) is 4.78. The minimum Gasteiger partial charge on any atom is -0.407 e. The van der Waals surface area contributed by atoms with E-state index in [1.165, 1.54) is 11.9 Å². The molecule has 0 saturated heterocycles. The number of nitrogens with zero attached hydrogens (tertiary/aromatic N) is 3. The quantitative estimate of drug-likeness (QED) is 0.897. The Labute approximate surface area is 110 Å². The highest BCUT2D eigenvalue weighted by Gasteiger charge is 2.28. The van der Waals surface area contributed by atoms with E-state index in [-0.39, 0.29) is 18.1 Å². The van der Waals surface area contributed by atoms with Gasteiger partial charge in [-0.1, -0.05) is 5.10 Å². The third kappa shape index (κ3) is 6.42. The number of aromatic nitrogens is 2. The molecular weight excluding hydrogens is 261 g/mol. The second-order valence-electron chi connectivity index (χ2n) is 5.37. The molecule has 19 heavy (non-hydrogen) atoms. The molecule has 0 radical (unpaired) electrons. The molecule has 1 heterocycles. The first kappa shape index (κ1) is 15.7. The standard InChI is InChI=1S/C11H19F3N4O/c1-10(2,3)15-7-8-16-17-9(19-8)18(4)6-5-11(12,13)14/h15H,5-7H2,1-4H3. The highest BCUT2D eigenvalue weighted by atomic mass is 19.4. The van der Waals surface area contributed by atoms with Gasteiger partial charge in [0.25, 0.3) is 0 Å². The summed E-state index contributed by atoms with van der Waals surface area (Å²) >= 11 is 0. The lowest BCUT2D eigenvalue weighted by molar-refractivity contribution is -0.132. The van der Waals surface area contributed by atoms with Crippen LogP contribution in [-0.4, -0.2) is 35.5 Å². The van der Waals surface area contributed by atoms with E-state index in [1.807, 2.05) is 20.8 Å². The lowest BCUT2D eigenvalue weighted by atomic mass is 10.1. The minimum absolute atomic E-state index is 0.0926. The number of hydrogen-bond donors (Lipinski definition) is 1. The van der Waals surface area contributed by atoms with Crippen LogP contribution in [0.25, 0.3) is 0 Å². The number of hydrogen-bond acceptors (Lipinski definition) is 5. The predicted octanol–water partition coefficient (Wildman–Crippen LogP) is 2.35. The van der Waals surface area contributed by atoms with Crippen molar-refractivity contribution in [3.8, 4) is 0 Å². The number of anilines is 1. The first-order valence-electron chi connectivity index (χ1n) is 5.92. The highest BCUT2D eigenvalue weighted by molar-refractivity contribution is 5.21. The summed E-state index contributed by atoms with van der Waals surface area (Å²) in [6, 6.07) is 0.0926. The van der Waals surface area contributed by atoms with Crippen LogP contribution >= 0.6 is 0 Å². The lowest BCUT2D eigenvalue weighted by Gasteiger charge is -2.19. The van der Waals surface area contributed by atoms with Gasteiger partial charge in [0.05, 0.1) is 13.0 Å². The molecule has 0 fully saturated rings. The number of rotatable bonds is 5. The normalized spacial score (nSPS) is 12.8. The Balaban J connectivity index is 2.49. The molecule has 1 aromatic rings. The van der Waals surface area contributed by atoms with Gasteiger partial charge < -0.3 is 14.6 Å². The fourth-order valence-corrected chi connectivity index (χ4v) is 1.20. The first-order chi connectivity index (χ1) is 8.57. The second-order valence-corrected chi connectivity index (χ2v) is 5.37. The molecule has 0 atom stereocenters. The lowest BCUT2D eigenvalue weighted by Crippen LogP contribution is -2.35. The van der Waals surface area contributed by atoms with Crippen molar-refractivity contribution in [1.29, 1.82) is 0 Å². The molecular formula is C11H19F3N4O. The average Bonchev–Trinajstić information content (AvgIpc) is 2.69. The summed E-state index contributed by atoms with van der Waals surface area (Å²) < 4.78 is 41.5. The molecule has 0 aliphatic rings. The van der Waals surface area contributed by atoms with Crippen molar-refractivity contribution >= 4 is 6.01 Å². The van der Waals surface area contributed by atoms with Crippen LogP contribution in [-0.2, 0) is 6.54 Å². The summed E-state index contributed by atoms with van der Waals surface area (Å²) in [5.74, 6) is 0.351. The molecule has 0 bridgehead atoms. The molecule has 0 aromatic carbocycles. The second kappa shape index (κ2) is 5.77. The van der Waals surface area contributed by atoms with Gasteiger partial charge in [0.15, 0.2) is 0 Å². The Bertz CT molecular complexity index is 397. The van der Waals surface area contributed by atoms with Crippen molar-refractivity contribution in [3.05, 3.63) is 5.89 Å². The molecule has 8 heteroatoms. The van der Waals surface area contributed by atoms with Gasteiger partial charge in [0.1, 0.15) is 0 Å². The van der Waals surface area contributed by atoms with Crippen LogP contribution < -0.4 is 10.2 Å². The molecule has 1 N–H and O–H groups in total. The monoisotopic (exact) mass is 280 g/mol. The predicted molar refractivity (Wildman–Crippen MR) is 64.8 cm³/mol. The first-order valence-corrected chi connectivity index (χ1v) is 5.92. The third-order valence-electron chi connectivity index (χ3n) is 2.28. The maximum absolute atomic E-state index is 12.1. The van der Waals surface area contributed by atoms with Gasteiger partial charge in [-0.3, -0.25) is 0 Å². The van der Waals surface area contributed by atoms with Crippen molar-refractivity contribution < 1.29 is 17.6 Å². The van der Waals surface area contributed by atoms with Crippen LogP contribution in [0.2, 0.25) is 0 Å². The summed E-state index contributed by atoms with van der Waals surface area (Å²) in [5, 5.41) is 10.7. The smallest absolute Gasteiger partial charge is 0.390 e. The van der Waals surface area contributed by atoms with Crippen LogP contribution in [0, 0.1) is 0 Å². The zero-order valence-electron chi connectivity index (χ0n) is 11.5. The van der Waals surface area contributed by atoms with E-state index in [2.05, 4.69) is 15.5 Å². The van der Waals surface area contributed by atoms with Crippen molar-refractivity contribution in [2.45, 2.75) is 45.5 Å². The van der Waals surface area contributed by atoms with Crippen molar-refractivity contribution in [3.63, 3.8) is 0 Å². The van der Waals surface area contributed by atoms with Crippen molar-refractivity contribution in [1.82, 2.24) is 15.5 Å². The molecule has 0 saturated carbocycles. The molecule has 1 aromatic heterocycles. The van der Waals surface area contributed by atoms with E-state index in [0.29, 0.717) is 12.4 Å². The molecule has 1 rings (SSSR count). The summed E-state index contributed by atoms with van der Waals surface area (Å²) in [6.45, 7) is 6.13. The van der Waals surface area contributed by atoms with Gasteiger partial charge in [-0.15, -0.1) is 5.10 Å². The third-order valence-corrected chi connectivity index (χ3v) is 2.28. The fraction of sp³-hybridized carbons (Fsp3) is 0.818. The zero-order chi connectivity index (χ0) is 14.7. The van der Waals surface area contributed by atoms with E-state index in [1.54, 1.807) is 0 Å². The summed E-state index contributed by atoms with van der Waals surface area (Å²) in [4.78, 5) is 1.29. The largest absolute Gasteiger partial charge is 0.407 e. The van der Waals surface area contributed by atoms with E-state index in [9.17, 15) is 13.2 Å². The Hall–Kier alpha value is -1.31. The van der Waals surface area contributed by atoms with Crippen LogP contribution in [0.4, 0.5) is 19.2 Å². The van der Waals surface area contributed by atoms with E-state index in [0.717, 1.165) is 0 Å². The van der Waals surface area contributed by atoms with Crippen LogP contribution in [0.5, 0.6) is 0 Å². The molecule has 0 aliphatic heterocycles. The fourth-order valence-electron chi connectivity index (χ4n) is 1.20. The summed E-state index contributed by atoms with van der Waals surface area (Å²) in [6.07, 6.45) is -5.10. The van der Waals surface area contributed by atoms with E-state index < -0.39 is 12.6 Å². The minimum atomic E-state index is -4.19. The van der Waals surface area contributed by atoms with E-state index in [4.69, 9.17) is 4.42 Å². The van der Waals surface area contributed by atoms with Gasteiger partial charge in [-0.05, 0) is 20.8 Å². The summed E-state index contributed by atoms with van der Waals surface area (Å²) in [5.41, 5.74) is -0.100. The number of halogens is 3. The Morgan fingerprint density at radius 1 is 1.21 bits per heavy atom. The molecule has 0 unspecified atom stereocenters. The highest BCUT2D eigenvalue weighted by Crippen LogP contribution is 2.21. The molecule has 0 spiro atoms. The maximum Gasteiger partial charge on any atom is 0.390 e. The van der Waals surface area contributed by atoms with Gasteiger partial charge >= 0.3 is 12.2 Å². The van der Waals surface area contributed by atoms with E-state index >= 15 is 0 Å². The number of alkyl halides is 3.